The van der Waals surface area contributed by atoms with E-state index in [1.54, 1.807) is 35.9 Å². The topological polar surface area (TPSA) is 143 Å². The van der Waals surface area contributed by atoms with E-state index in [0.717, 1.165) is 32.1 Å². The molecule has 1 aromatic heterocycles. The summed E-state index contributed by atoms with van der Waals surface area (Å²) >= 11 is 0. The van der Waals surface area contributed by atoms with Gasteiger partial charge in [-0.2, -0.15) is 4.98 Å². The zero-order valence-electron chi connectivity index (χ0n) is 21.9. The van der Waals surface area contributed by atoms with Crippen molar-refractivity contribution in [1.82, 2.24) is 24.3 Å². The lowest BCUT2D eigenvalue weighted by Crippen LogP contribution is -2.58. The molecule has 12 heteroatoms. The summed E-state index contributed by atoms with van der Waals surface area (Å²) in [5.74, 6) is 0.794. The lowest BCUT2D eigenvalue weighted by molar-refractivity contribution is -0.137. The monoisotopic (exact) mass is 544 g/mol. The quantitative estimate of drug-likeness (QED) is 0.489. The van der Waals surface area contributed by atoms with Crippen LogP contribution in [0.3, 0.4) is 0 Å². The molecule has 2 aliphatic heterocycles. The van der Waals surface area contributed by atoms with Crippen LogP contribution < -0.4 is 22.5 Å². The molecule has 1 aliphatic carbocycles. The standard InChI is InChI=1S/C26H36N8O3.ClH/c1-25(2,28)22(35)32-9-11-33(12-10-32)23(36)29-21-7-8-34(24(37)30-21)20-5-3-18(4-6-20)14-31-15-19-13-26(19,16-27)17-31;/h3-8,19H,9-17,27-28H2,1-2H3,(H,29,30,36,37);1H. The number of hydrogen-bond acceptors (Lipinski definition) is 7. The SMILES string of the molecule is CC(C)(N)C(=O)N1CCN(C(=O)Nc2ccn(-c3ccc(CN4CC5CC5(CN)C4)cc3)c(=O)n2)CC1.Cl. The van der Waals surface area contributed by atoms with Gasteiger partial charge in [0.15, 0.2) is 0 Å². The van der Waals surface area contributed by atoms with Crippen LogP contribution in [0.4, 0.5) is 10.6 Å². The largest absolute Gasteiger partial charge is 0.354 e. The molecule has 3 fully saturated rings. The van der Waals surface area contributed by atoms with E-state index >= 15 is 0 Å². The molecule has 3 heterocycles. The Hall–Kier alpha value is -2.99. The van der Waals surface area contributed by atoms with Gasteiger partial charge in [-0.3, -0.25) is 19.6 Å². The first-order chi connectivity index (χ1) is 17.6. The van der Waals surface area contributed by atoms with Gasteiger partial charge in [0, 0.05) is 52.0 Å². The number of urea groups is 1. The highest BCUT2D eigenvalue weighted by Crippen LogP contribution is 2.57. The molecule has 2 atom stereocenters. The number of piperidine rings is 1. The minimum absolute atomic E-state index is 0. The molecule has 2 aromatic rings. The van der Waals surface area contributed by atoms with E-state index in [0.29, 0.717) is 37.3 Å². The number of nitrogens with one attached hydrogen (secondary N) is 1. The van der Waals surface area contributed by atoms with E-state index in [1.165, 1.54) is 16.6 Å². The van der Waals surface area contributed by atoms with Crippen LogP contribution in [-0.2, 0) is 11.3 Å². The van der Waals surface area contributed by atoms with Gasteiger partial charge in [0.2, 0.25) is 5.91 Å². The number of carbonyl (C=O) groups is 2. The molecular weight excluding hydrogens is 508 g/mol. The summed E-state index contributed by atoms with van der Waals surface area (Å²) in [6.45, 7) is 8.72. The fraction of sp³-hybridized carbons (Fsp3) is 0.538. The van der Waals surface area contributed by atoms with Crippen LogP contribution in [0.2, 0.25) is 0 Å². The van der Waals surface area contributed by atoms with Crippen LogP contribution >= 0.6 is 12.4 Å². The maximum Gasteiger partial charge on any atom is 0.354 e. The maximum atomic E-state index is 12.7. The lowest BCUT2D eigenvalue weighted by Gasteiger charge is -2.37. The van der Waals surface area contributed by atoms with Crippen molar-refractivity contribution >= 4 is 30.2 Å². The number of carbonyl (C=O) groups excluding carboxylic acids is 2. The molecule has 38 heavy (non-hydrogen) atoms. The van der Waals surface area contributed by atoms with Gasteiger partial charge in [-0.25, -0.2) is 9.59 Å². The van der Waals surface area contributed by atoms with Crippen molar-refractivity contribution in [2.75, 3.05) is 51.1 Å². The van der Waals surface area contributed by atoms with E-state index in [4.69, 9.17) is 11.5 Å². The van der Waals surface area contributed by atoms with Crippen LogP contribution in [0.5, 0.6) is 0 Å². The van der Waals surface area contributed by atoms with Crippen molar-refractivity contribution in [3.63, 3.8) is 0 Å². The van der Waals surface area contributed by atoms with Crippen LogP contribution in [-0.4, -0.2) is 87.5 Å². The molecule has 1 aromatic carbocycles. The molecule has 1 saturated carbocycles. The van der Waals surface area contributed by atoms with Gasteiger partial charge in [0.1, 0.15) is 5.82 Å². The van der Waals surface area contributed by atoms with Gasteiger partial charge in [0.25, 0.3) is 0 Å². The molecule has 11 nitrogen and oxygen atoms in total. The van der Waals surface area contributed by atoms with E-state index < -0.39 is 11.2 Å². The van der Waals surface area contributed by atoms with Gasteiger partial charge >= 0.3 is 11.7 Å². The third-order valence-corrected chi connectivity index (χ3v) is 7.85. The second kappa shape index (κ2) is 10.6. The summed E-state index contributed by atoms with van der Waals surface area (Å²) in [6, 6.07) is 9.14. The van der Waals surface area contributed by atoms with Gasteiger partial charge in [-0.05, 0) is 61.9 Å². The van der Waals surface area contributed by atoms with Gasteiger partial charge in [-0.15, -0.1) is 12.4 Å². The molecule has 206 valence electrons. The summed E-state index contributed by atoms with van der Waals surface area (Å²) in [4.78, 5) is 47.5. The predicted molar refractivity (Wildman–Crippen MR) is 147 cm³/mol. The average Bonchev–Trinajstić information content (AvgIpc) is 3.44. The summed E-state index contributed by atoms with van der Waals surface area (Å²) in [5, 5.41) is 2.69. The summed E-state index contributed by atoms with van der Waals surface area (Å²) in [7, 11) is 0. The number of likely N-dealkylation sites (tertiary alicyclic amines) is 1. The second-order valence-electron chi connectivity index (χ2n) is 11.2. The Morgan fingerprint density at radius 1 is 1.11 bits per heavy atom. The van der Waals surface area contributed by atoms with Crippen molar-refractivity contribution in [2.45, 2.75) is 32.4 Å². The summed E-state index contributed by atoms with van der Waals surface area (Å²) < 4.78 is 1.45. The zero-order valence-corrected chi connectivity index (χ0v) is 22.7. The van der Waals surface area contributed by atoms with E-state index in [9.17, 15) is 14.4 Å². The van der Waals surface area contributed by atoms with Crippen molar-refractivity contribution < 1.29 is 9.59 Å². The maximum absolute atomic E-state index is 12.7. The van der Waals surface area contributed by atoms with Crippen molar-refractivity contribution in [2.24, 2.45) is 22.8 Å². The van der Waals surface area contributed by atoms with Crippen LogP contribution in [0.25, 0.3) is 5.69 Å². The number of rotatable bonds is 6. The molecule has 0 spiro atoms. The van der Waals surface area contributed by atoms with E-state index in [2.05, 4.69) is 15.2 Å². The Morgan fingerprint density at radius 3 is 2.34 bits per heavy atom. The van der Waals surface area contributed by atoms with Crippen molar-refractivity contribution in [1.29, 1.82) is 0 Å². The van der Waals surface area contributed by atoms with Crippen LogP contribution in [0.1, 0.15) is 25.8 Å². The molecule has 3 amide bonds. The first-order valence-corrected chi connectivity index (χ1v) is 12.8. The van der Waals surface area contributed by atoms with Gasteiger partial charge in [-0.1, -0.05) is 12.1 Å². The van der Waals surface area contributed by atoms with Gasteiger partial charge < -0.3 is 21.3 Å². The first kappa shape index (κ1) is 28.0. The number of amides is 3. The highest BCUT2D eigenvalue weighted by Gasteiger charge is 2.58. The third kappa shape index (κ3) is 5.70. The summed E-state index contributed by atoms with van der Waals surface area (Å²) in [6.07, 6.45) is 2.87. The molecule has 0 bridgehead atoms. The normalized spacial score (nSPS) is 23.0. The molecule has 0 radical (unpaired) electrons. The predicted octanol–water partition coefficient (Wildman–Crippen LogP) is 0.848. The Bertz CT molecular complexity index is 1230. The van der Waals surface area contributed by atoms with Gasteiger partial charge in [0.05, 0.1) is 11.2 Å². The van der Waals surface area contributed by atoms with Crippen molar-refractivity contribution in [3.8, 4) is 5.69 Å². The molecule has 5 N–H and O–H groups in total. The van der Waals surface area contributed by atoms with Crippen LogP contribution in [0.15, 0.2) is 41.3 Å². The second-order valence-corrected chi connectivity index (χ2v) is 11.2. The molecular formula is C26H37ClN8O3. The fourth-order valence-corrected chi connectivity index (χ4v) is 5.54. The van der Waals surface area contributed by atoms with E-state index in [-0.39, 0.29) is 30.2 Å². The number of aromatic nitrogens is 2. The zero-order chi connectivity index (χ0) is 26.4. The first-order valence-electron chi connectivity index (χ1n) is 12.8. The molecule has 3 aliphatic rings. The smallest absolute Gasteiger partial charge is 0.338 e. The summed E-state index contributed by atoms with van der Waals surface area (Å²) in [5.41, 5.74) is 12.7. The fourth-order valence-electron chi connectivity index (χ4n) is 5.54. The Morgan fingerprint density at radius 2 is 1.76 bits per heavy atom. The number of nitrogens with two attached hydrogens (primary N) is 2. The highest BCUT2D eigenvalue weighted by atomic mass is 35.5. The number of hydrogen-bond donors (Lipinski definition) is 3. The minimum Gasteiger partial charge on any atom is -0.338 e. The number of anilines is 1. The number of halogens is 1. The molecule has 2 unspecified atom stereocenters. The Kier molecular flexibility index (Phi) is 7.85. The number of fused-ring (bicyclic) bond motifs is 1. The third-order valence-electron chi connectivity index (χ3n) is 7.85. The molecule has 5 rings (SSSR count). The number of nitrogens with zero attached hydrogens (tertiary/aromatic N) is 5. The average molecular weight is 545 g/mol. The minimum atomic E-state index is -0.944. The Labute approximate surface area is 228 Å². The van der Waals surface area contributed by atoms with E-state index in [1.807, 2.05) is 24.3 Å². The highest BCUT2D eigenvalue weighted by molar-refractivity contribution is 5.89. The Balaban J connectivity index is 0.00000336. The van der Waals surface area contributed by atoms with Crippen LogP contribution in [0, 0.1) is 11.3 Å². The number of benzene rings is 1. The lowest BCUT2D eigenvalue weighted by atomic mass is 10.1. The van der Waals surface area contributed by atoms with Crippen molar-refractivity contribution in [3.05, 3.63) is 52.6 Å². The number of piperazine rings is 1. The molecule has 2 saturated heterocycles.